The minimum Gasteiger partial charge on any atom is -0.507 e. The van der Waals surface area contributed by atoms with Gasteiger partial charge in [-0.1, -0.05) is 19.1 Å². The lowest BCUT2D eigenvalue weighted by atomic mass is 9.92. The van der Waals surface area contributed by atoms with E-state index in [-0.39, 0.29) is 40.5 Å². The van der Waals surface area contributed by atoms with Crippen LogP contribution in [-0.4, -0.2) is 35.0 Å². The summed E-state index contributed by atoms with van der Waals surface area (Å²) in [4.78, 5) is 12.5. The summed E-state index contributed by atoms with van der Waals surface area (Å²) in [6.45, 7) is 2.02. The van der Waals surface area contributed by atoms with Crippen molar-refractivity contribution < 1.29 is 29.6 Å². The number of aromatic hydroxyl groups is 3. The standard InChI is InChI=1S/C21H20O6/c1-3-10-27-21(25)20-17(24)9-8-16(23)19(20)18-14-11-13(26-2)6-4-12(14)5-7-15(18)22/h4-9,11,22-24H,3,10H2,1-2H3. The second-order valence-electron chi connectivity index (χ2n) is 6.04. The van der Waals surface area contributed by atoms with Crippen molar-refractivity contribution in [2.24, 2.45) is 0 Å². The van der Waals surface area contributed by atoms with Gasteiger partial charge in [-0.25, -0.2) is 4.79 Å². The van der Waals surface area contributed by atoms with Crippen molar-refractivity contribution in [2.45, 2.75) is 13.3 Å². The average molecular weight is 368 g/mol. The topological polar surface area (TPSA) is 96.2 Å². The van der Waals surface area contributed by atoms with Crippen molar-refractivity contribution in [3.8, 4) is 34.1 Å². The first kappa shape index (κ1) is 18.4. The molecule has 0 aliphatic rings. The fourth-order valence-electron chi connectivity index (χ4n) is 2.98. The number of phenols is 3. The van der Waals surface area contributed by atoms with Gasteiger partial charge in [0.05, 0.1) is 13.7 Å². The molecule has 3 aromatic rings. The number of carbonyl (C=O) groups excluding carboxylic acids is 1. The monoisotopic (exact) mass is 368 g/mol. The van der Waals surface area contributed by atoms with Crippen LogP contribution in [0.15, 0.2) is 42.5 Å². The molecule has 0 saturated heterocycles. The first-order valence-corrected chi connectivity index (χ1v) is 8.50. The van der Waals surface area contributed by atoms with Gasteiger partial charge >= 0.3 is 5.97 Å². The van der Waals surface area contributed by atoms with Crippen molar-refractivity contribution in [3.05, 3.63) is 48.0 Å². The maximum atomic E-state index is 12.5. The zero-order valence-electron chi connectivity index (χ0n) is 15.0. The first-order chi connectivity index (χ1) is 13.0. The fourth-order valence-corrected chi connectivity index (χ4v) is 2.98. The van der Waals surface area contributed by atoms with Crippen LogP contribution in [0, 0.1) is 0 Å². The summed E-state index contributed by atoms with van der Waals surface area (Å²) in [6.07, 6.45) is 0.608. The number of hydrogen-bond donors (Lipinski definition) is 3. The minimum atomic E-state index is -0.778. The molecule has 3 rings (SSSR count). The number of carbonyl (C=O) groups is 1. The molecule has 0 aliphatic heterocycles. The normalized spacial score (nSPS) is 10.7. The quantitative estimate of drug-likeness (QED) is 0.461. The van der Waals surface area contributed by atoms with Gasteiger partial charge < -0.3 is 24.8 Å². The first-order valence-electron chi connectivity index (χ1n) is 8.50. The number of esters is 1. The van der Waals surface area contributed by atoms with Crippen LogP contribution in [0.4, 0.5) is 0 Å². The highest BCUT2D eigenvalue weighted by Gasteiger charge is 2.25. The number of hydrogen-bond acceptors (Lipinski definition) is 6. The summed E-state index contributed by atoms with van der Waals surface area (Å²) in [5.74, 6) is -0.991. The SMILES string of the molecule is CCCOC(=O)c1c(O)ccc(O)c1-c1c(O)ccc2ccc(OC)cc12. The molecule has 0 aliphatic carbocycles. The Hall–Kier alpha value is -3.41. The van der Waals surface area contributed by atoms with Gasteiger partial charge in [0.25, 0.3) is 0 Å². The van der Waals surface area contributed by atoms with Gasteiger partial charge in [-0.05, 0) is 47.5 Å². The van der Waals surface area contributed by atoms with Crippen LogP contribution < -0.4 is 4.74 Å². The Kier molecular flexibility index (Phi) is 5.07. The summed E-state index contributed by atoms with van der Waals surface area (Å²) < 4.78 is 10.4. The molecule has 0 unspecified atom stereocenters. The molecule has 0 heterocycles. The highest BCUT2D eigenvalue weighted by atomic mass is 16.5. The molecule has 3 aromatic carbocycles. The second kappa shape index (κ2) is 7.45. The predicted octanol–water partition coefficient (Wildman–Crippen LogP) is 4.20. The third-order valence-electron chi connectivity index (χ3n) is 4.26. The summed E-state index contributed by atoms with van der Waals surface area (Å²) in [5.41, 5.74) is 0.0183. The van der Waals surface area contributed by atoms with Crippen LogP contribution in [0.5, 0.6) is 23.0 Å². The lowest BCUT2D eigenvalue weighted by molar-refractivity contribution is 0.0502. The van der Waals surface area contributed by atoms with Crippen LogP contribution in [0.1, 0.15) is 23.7 Å². The van der Waals surface area contributed by atoms with E-state index >= 15 is 0 Å². The molecule has 0 saturated carbocycles. The summed E-state index contributed by atoms with van der Waals surface area (Å²) in [6, 6.07) is 10.9. The van der Waals surface area contributed by atoms with E-state index in [1.54, 1.807) is 24.3 Å². The third kappa shape index (κ3) is 3.33. The number of rotatable bonds is 5. The Morgan fingerprint density at radius 3 is 2.26 bits per heavy atom. The molecule has 6 heteroatoms. The van der Waals surface area contributed by atoms with Crippen molar-refractivity contribution in [3.63, 3.8) is 0 Å². The highest BCUT2D eigenvalue weighted by Crippen LogP contribution is 2.45. The van der Waals surface area contributed by atoms with Gasteiger partial charge in [-0.2, -0.15) is 0 Å². The van der Waals surface area contributed by atoms with Crippen molar-refractivity contribution in [1.82, 2.24) is 0 Å². The van der Waals surface area contributed by atoms with Crippen LogP contribution in [-0.2, 0) is 4.74 Å². The number of fused-ring (bicyclic) bond motifs is 1. The highest BCUT2D eigenvalue weighted by molar-refractivity contribution is 6.09. The third-order valence-corrected chi connectivity index (χ3v) is 4.26. The summed E-state index contributed by atoms with van der Waals surface area (Å²) >= 11 is 0. The summed E-state index contributed by atoms with van der Waals surface area (Å²) in [7, 11) is 1.52. The Morgan fingerprint density at radius 1 is 0.926 bits per heavy atom. The lowest BCUT2D eigenvalue weighted by Crippen LogP contribution is -2.08. The van der Waals surface area contributed by atoms with E-state index in [0.717, 1.165) is 5.39 Å². The van der Waals surface area contributed by atoms with Crippen LogP contribution in [0.3, 0.4) is 0 Å². The Labute approximate surface area is 156 Å². The van der Waals surface area contributed by atoms with E-state index in [1.165, 1.54) is 25.3 Å². The molecule has 27 heavy (non-hydrogen) atoms. The van der Waals surface area contributed by atoms with Crippen LogP contribution in [0.25, 0.3) is 21.9 Å². The van der Waals surface area contributed by atoms with Gasteiger partial charge in [-0.15, -0.1) is 0 Å². The fraction of sp³-hybridized carbons (Fsp3) is 0.190. The number of phenolic OH excluding ortho intramolecular Hbond substituents is 3. The van der Waals surface area contributed by atoms with Crippen molar-refractivity contribution in [1.29, 1.82) is 0 Å². The number of methoxy groups -OCH3 is 1. The minimum absolute atomic E-state index is 0.00690. The number of benzene rings is 3. The summed E-state index contributed by atoms with van der Waals surface area (Å²) in [5, 5.41) is 32.6. The van der Waals surface area contributed by atoms with Gasteiger partial charge in [0, 0.05) is 11.1 Å². The van der Waals surface area contributed by atoms with Gasteiger partial charge in [-0.3, -0.25) is 0 Å². The van der Waals surface area contributed by atoms with E-state index in [9.17, 15) is 20.1 Å². The van der Waals surface area contributed by atoms with Crippen molar-refractivity contribution >= 4 is 16.7 Å². The number of ether oxygens (including phenoxy) is 2. The molecule has 6 nitrogen and oxygen atoms in total. The molecule has 0 spiro atoms. The average Bonchev–Trinajstić information content (AvgIpc) is 2.67. The molecular weight excluding hydrogens is 348 g/mol. The van der Waals surface area contributed by atoms with E-state index in [4.69, 9.17) is 9.47 Å². The molecule has 0 atom stereocenters. The molecule has 0 fully saturated rings. The maximum absolute atomic E-state index is 12.5. The lowest BCUT2D eigenvalue weighted by Gasteiger charge is -2.16. The molecule has 0 bridgehead atoms. The van der Waals surface area contributed by atoms with Crippen molar-refractivity contribution in [2.75, 3.05) is 13.7 Å². The van der Waals surface area contributed by atoms with E-state index < -0.39 is 5.97 Å². The molecule has 0 amide bonds. The van der Waals surface area contributed by atoms with E-state index in [1.807, 2.05) is 6.92 Å². The zero-order chi connectivity index (χ0) is 19.6. The smallest absolute Gasteiger partial charge is 0.342 e. The van der Waals surface area contributed by atoms with Gasteiger partial charge in [0.1, 0.15) is 28.6 Å². The molecule has 3 N–H and O–H groups in total. The Morgan fingerprint density at radius 2 is 1.56 bits per heavy atom. The molecule has 0 radical (unpaired) electrons. The van der Waals surface area contributed by atoms with Gasteiger partial charge in [0.2, 0.25) is 0 Å². The largest absolute Gasteiger partial charge is 0.507 e. The van der Waals surface area contributed by atoms with Gasteiger partial charge in [0.15, 0.2) is 0 Å². The molecular formula is C21H20O6. The predicted molar refractivity (Wildman–Crippen MR) is 102 cm³/mol. The van der Waals surface area contributed by atoms with E-state index in [0.29, 0.717) is 17.6 Å². The Bertz CT molecular complexity index is 1010. The molecule has 0 aromatic heterocycles. The van der Waals surface area contributed by atoms with Crippen LogP contribution >= 0.6 is 0 Å². The Balaban J connectivity index is 2.35. The molecule has 140 valence electrons. The zero-order valence-corrected chi connectivity index (χ0v) is 15.0. The van der Waals surface area contributed by atoms with E-state index in [2.05, 4.69) is 0 Å². The maximum Gasteiger partial charge on any atom is 0.342 e. The second-order valence-corrected chi connectivity index (χ2v) is 6.04. The van der Waals surface area contributed by atoms with Crippen LogP contribution in [0.2, 0.25) is 0 Å².